The van der Waals surface area contributed by atoms with E-state index in [1.54, 1.807) is 0 Å². The van der Waals surface area contributed by atoms with Crippen LogP contribution in [0, 0.1) is 0 Å². The summed E-state index contributed by atoms with van der Waals surface area (Å²) in [5.41, 5.74) is 0. The average molecular weight is 1050 g/mol. The minimum Gasteiger partial charge on any atom is -0.462 e. The summed E-state index contributed by atoms with van der Waals surface area (Å²) in [5.74, 6) is -0.936. The third kappa shape index (κ3) is 60.7. The molecule has 0 aromatic rings. The van der Waals surface area contributed by atoms with Crippen molar-refractivity contribution in [1.29, 1.82) is 0 Å². The van der Waals surface area contributed by atoms with Crippen molar-refractivity contribution in [2.24, 2.45) is 0 Å². The molecule has 1 atom stereocenters. The lowest BCUT2D eigenvalue weighted by molar-refractivity contribution is -0.167. The number of carbonyl (C=O) groups excluding carboxylic acids is 3. The van der Waals surface area contributed by atoms with Gasteiger partial charge in [-0.15, -0.1) is 0 Å². The quantitative estimate of drug-likeness (QED) is 0.0261. The Morgan fingerprint density at radius 1 is 0.276 bits per heavy atom. The van der Waals surface area contributed by atoms with Crippen LogP contribution >= 0.6 is 0 Å². The minimum absolute atomic E-state index is 0.0967. The number of esters is 3. The first-order valence-corrected chi connectivity index (χ1v) is 31.5. The van der Waals surface area contributed by atoms with Crippen molar-refractivity contribution in [3.05, 3.63) is 122 Å². The summed E-state index contributed by atoms with van der Waals surface area (Å²) >= 11 is 0. The van der Waals surface area contributed by atoms with Crippen LogP contribution in [-0.2, 0) is 28.6 Å². The molecule has 0 fully saturated rings. The van der Waals surface area contributed by atoms with Crippen molar-refractivity contribution >= 4 is 17.9 Å². The third-order valence-corrected chi connectivity index (χ3v) is 13.2. The lowest BCUT2D eigenvalue weighted by atomic mass is 10.0. The fraction of sp³-hybridized carbons (Fsp3) is 0.671. The summed E-state index contributed by atoms with van der Waals surface area (Å²) in [6, 6.07) is 0. The molecular weight excluding hydrogens is 937 g/mol. The van der Waals surface area contributed by atoms with Gasteiger partial charge in [-0.3, -0.25) is 14.4 Å². The van der Waals surface area contributed by atoms with Crippen LogP contribution in [0.4, 0.5) is 0 Å². The predicted octanol–water partition coefficient (Wildman–Crippen LogP) is 21.6. The Balaban J connectivity index is 4.40. The van der Waals surface area contributed by atoms with Crippen LogP contribution in [0.5, 0.6) is 0 Å². The van der Waals surface area contributed by atoms with Crippen molar-refractivity contribution in [3.63, 3.8) is 0 Å². The molecule has 0 aliphatic heterocycles. The van der Waals surface area contributed by atoms with Gasteiger partial charge >= 0.3 is 17.9 Å². The smallest absolute Gasteiger partial charge is 0.306 e. The Labute approximate surface area is 469 Å². The van der Waals surface area contributed by atoms with Crippen molar-refractivity contribution in [2.45, 2.75) is 290 Å². The number of unbranched alkanes of at least 4 members (excludes halogenated alkanes) is 25. The van der Waals surface area contributed by atoms with E-state index in [4.69, 9.17) is 14.2 Å². The first kappa shape index (κ1) is 71.8. The molecule has 0 heterocycles. The number of allylic oxidation sites excluding steroid dienone is 20. The Bertz CT molecular complexity index is 1590. The highest BCUT2D eigenvalue weighted by molar-refractivity contribution is 5.71. The van der Waals surface area contributed by atoms with Crippen molar-refractivity contribution in [3.8, 4) is 0 Å². The van der Waals surface area contributed by atoms with Gasteiger partial charge in [0.1, 0.15) is 13.2 Å². The summed E-state index contributed by atoms with van der Waals surface area (Å²) in [4.78, 5) is 38.3. The SMILES string of the molecule is CC/C=C\C/C=C\C/C=C\C/C=C\C/C=C\CCCCCC(=O)OC(COC(=O)CCCCCCC/C=C\CCCCCCC)COC(=O)CCCCCCCCCCCCCC/C=C\C/C=C\C/C=C\C/C=C\CC. The number of ether oxygens (including phenoxy) is 3. The van der Waals surface area contributed by atoms with Crippen LogP contribution in [0.25, 0.3) is 0 Å². The molecule has 0 aliphatic carbocycles. The Morgan fingerprint density at radius 2 is 0.513 bits per heavy atom. The van der Waals surface area contributed by atoms with Gasteiger partial charge in [0.15, 0.2) is 6.10 Å². The Morgan fingerprint density at radius 3 is 0.829 bits per heavy atom. The van der Waals surface area contributed by atoms with E-state index in [1.165, 1.54) is 109 Å². The molecule has 0 amide bonds. The largest absolute Gasteiger partial charge is 0.462 e. The second-order valence-corrected chi connectivity index (χ2v) is 20.5. The number of hydrogen-bond donors (Lipinski definition) is 0. The molecule has 0 N–H and O–H groups in total. The lowest BCUT2D eigenvalue weighted by Gasteiger charge is -2.18. The van der Waals surface area contributed by atoms with Crippen molar-refractivity contribution < 1.29 is 28.6 Å². The topological polar surface area (TPSA) is 78.9 Å². The minimum atomic E-state index is -0.804. The predicted molar refractivity (Wildman–Crippen MR) is 330 cm³/mol. The summed E-state index contributed by atoms with van der Waals surface area (Å²) in [5, 5.41) is 0. The molecule has 0 saturated carbocycles. The van der Waals surface area contributed by atoms with Crippen LogP contribution in [0.2, 0.25) is 0 Å². The molecule has 0 saturated heterocycles. The van der Waals surface area contributed by atoms with E-state index in [0.717, 1.165) is 135 Å². The molecule has 0 aromatic heterocycles. The summed E-state index contributed by atoms with van der Waals surface area (Å²) in [6.45, 7) is 6.38. The molecule has 0 rings (SSSR count). The molecule has 6 heteroatoms. The third-order valence-electron chi connectivity index (χ3n) is 13.2. The van der Waals surface area contributed by atoms with Gasteiger partial charge in [0.25, 0.3) is 0 Å². The maximum absolute atomic E-state index is 12.9. The number of hydrogen-bond acceptors (Lipinski definition) is 6. The fourth-order valence-electron chi connectivity index (χ4n) is 8.51. The van der Waals surface area contributed by atoms with Crippen LogP contribution in [0.1, 0.15) is 284 Å². The highest BCUT2D eigenvalue weighted by Gasteiger charge is 2.19. The van der Waals surface area contributed by atoms with Gasteiger partial charge in [-0.2, -0.15) is 0 Å². The second-order valence-electron chi connectivity index (χ2n) is 20.5. The van der Waals surface area contributed by atoms with E-state index in [1.807, 2.05) is 0 Å². The Kier molecular flexibility index (Phi) is 59.9. The van der Waals surface area contributed by atoms with E-state index in [2.05, 4.69) is 142 Å². The molecule has 6 nitrogen and oxygen atoms in total. The van der Waals surface area contributed by atoms with Crippen LogP contribution < -0.4 is 0 Å². The van der Waals surface area contributed by atoms with E-state index in [-0.39, 0.29) is 37.5 Å². The number of carbonyl (C=O) groups is 3. The summed E-state index contributed by atoms with van der Waals surface area (Å²) in [7, 11) is 0. The maximum atomic E-state index is 12.9. The maximum Gasteiger partial charge on any atom is 0.306 e. The summed E-state index contributed by atoms with van der Waals surface area (Å²) < 4.78 is 16.9. The monoisotopic (exact) mass is 1050 g/mol. The van der Waals surface area contributed by atoms with E-state index >= 15 is 0 Å². The van der Waals surface area contributed by atoms with Gasteiger partial charge in [-0.1, -0.05) is 258 Å². The fourth-order valence-corrected chi connectivity index (χ4v) is 8.51. The lowest BCUT2D eigenvalue weighted by Crippen LogP contribution is -2.30. The first-order valence-electron chi connectivity index (χ1n) is 31.5. The van der Waals surface area contributed by atoms with Gasteiger partial charge in [0.2, 0.25) is 0 Å². The number of rotatable bonds is 56. The highest BCUT2D eigenvalue weighted by atomic mass is 16.6. The van der Waals surface area contributed by atoms with Gasteiger partial charge in [-0.25, -0.2) is 0 Å². The van der Waals surface area contributed by atoms with Crippen molar-refractivity contribution in [1.82, 2.24) is 0 Å². The van der Waals surface area contributed by atoms with Gasteiger partial charge < -0.3 is 14.2 Å². The molecular formula is C70H116O6. The van der Waals surface area contributed by atoms with Gasteiger partial charge in [0.05, 0.1) is 0 Å². The zero-order valence-corrected chi connectivity index (χ0v) is 49.5. The molecule has 0 aromatic carbocycles. The standard InChI is InChI=1S/C70H116O6/c1-4-7-10-13-16-19-22-25-28-30-32-33-34-35-36-37-39-40-42-45-48-51-54-57-60-63-69(72)75-66-67(65-74-68(71)62-59-56-53-50-47-44-27-24-21-18-15-12-9-6-3)76-70(73)64-61-58-55-52-49-46-43-41-38-31-29-26-23-20-17-14-11-8-5-2/h7-8,10-11,16-17,19-20,24-29,32-33,38,41,46,49,67H,4-6,9,12-15,18,21-23,30-31,34-37,39-40,42-45,47-48,50-66H2,1-3H3/b10-7-,11-8-,19-16-,20-17-,27-24-,28-25-,29-26-,33-32-,41-38-,49-46-. The molecule has 432 valence electrons. The molecule has 0 spiro atoms. The van der Waals surface area contributed by atoms with Crippen molar-refractivity contribution in [2.75, 3.05) is 13.2 Å². The van der Waals surface area contributed by atoms with E-state index in [9.17, 15) is 14.4 Å². The van der Waals surface area contributed by atoms with E-state index < -0.39 is 6.10 Å². The normalized spacial score (nSPS) is 12.9. The molecule has 0 aliphatic rings. The molecule has 0 bridgehead atoms. The highest BCUT2D eigenvalue weighted by Crippen LogP contribution is 2.15. The summed E-state index contributed by atoms with van der Waals surface area (Å²) in [6.07, 6.45) is 87.7. The zero-order chi connectivity index (χ0) is 55.0. The second kappa shape index (κ2) is 63.3. The van der Waals surface area contributed by atoms with Crippen LogP contribution in [0.3, 0.4) is 0 Å². The molecule has 1 unspecified atom stereocenters. The van der Waals surface area contributed by atoms with E-state index in [0.29, 0.717) is 12.8 Å². The van der Waals surface area contributed by atoms with Gasteiger partial charge in [-0.05, 0) is 128 Å². The van der Waals surface area contributed by atoms with Gasteiger partial charge in [0, 0.05) is 19.3 Å². The van der Waals surface area contributed by atoms with Crippen LogP contribution in [-0.4, -0.2) is 37.2 Å². The first-order chi connectivity index (χ1) is 37.5. The Hall–Kier alpha value is -4.19. The average Bonchev–Trinajstić information content (AvgIpc) is 3.42. The molecule has 76 heavy (non-hydrogen) atoms. The zero-order valence-electron chi connectivity index (χ0n) is 49.5. The van der Waals surface area contributed by atoms with Crippen LogP contribution in [0.15, 0.2) is 122 Å². The molecule has 0 radical (unpaired) electrons.